The molecule has 0 radical (unpaired) electrons. The van der Waals surface area contributed by atoms with Gasteiger partial charge in [0.25, 0.3) is 0 Å². The van der Waals surface area contributed by atoms with Crippen molar-refractivity contribution in [3.8, 4) is 0 Å². The Bertz CT molecular complexity index is 1060. The predicted molar refractivity (Wildman–Crippen MR) is 247 cm³/mol. The third-order valence-corrected chi connectivity index (χ3v) is 8.67. The van der Waals surface area contributed by atoms with Crippen molar-refractivity contribution >= 4 is 41.5 Å². The van der Waals surface area contributed by atoms with Crippen LogP contribution in [0, 0.1) is 5.41 Å². The van der Waals surface area contributed by atoms with Gasteiger partial charge >= 0.3 is 17.9 Å². The van der Waals surface area contributed by atoms with Crippen LogP contribution >= 0.6 is 11.8 Å². The number of ether oxygens (including phenoxy) is 3. The number of carboxylic acids is 1. The molecule has 15 heteroatoms. The van der Waals surface area contributed by atoms with Gasteiger partial charge < -0.3 is 44.4 Å². The summed E-state index contributed by atoms with van der Waals surface area (Å²) in [6.45, 7) is 29.3. The van der Waals surface area contributed by atoms with Crippen LogP contribution in [-0.2, 0) is 38.2 Å². The minimum atomic E-state index is -1.10. The second kappa shape index (κ2) is 49.1. The van der Waals surface area contributed by atoms with Gasteiger partial charge in [-0.25, -0.2) is 9.59 Å². The fraction of sp³-hybridized carbons (Fsp3) is 0.750. The van der Waals surface area contributed by atoms with Crippen LogP contribution < -0.4 is 5.32 Å². The smallest absolute Gasteiger partial charge is 0.330 e. The second-order valence-electron chi connectivity index (χ2n) is 13.8. The van der Waals surface area contributed by atoms with Gasteiger partial charge in [0.05, 0.1) is 37.1 Å². The normalized spacial score (nSPS) is 10.7. The lowest BCUT2D eigenvalue weighted by Crippen LogP contribution is -2.32. The highest BCUT2D eigenvalue weighted by Crippen LogP contribution is 2.24. The van der Waals surface area contributed by atoms with Gasteiger partial charge in [-0.3, -0.25) is 14.4 Å². The molecule has 0 aliphatic carbocycles. The quantitative estimate of drug-likeness (QED) is 0.0328. The van der Waals surface area contributed by atoms with E-state index in [2.05, 4.69) is 50.7 Å². The SMILES string of the molecule is C.C=C.C=CC(=O)OCCCCOCC(O)CN(C)CCC.CCCCOC(=O)C(C)(C)CSCC(=O)N(C)CCC.CCCN(C)C(=O)C=CC(=O)O.CCCNC. The molecule has 0 aromatic heterocycles. The predicted octanol–water partition coefficient (Wildman–Crippen LogP) is 6.72. The lowest BCUT2D eigenvalue weighted by Gasteiger charge is -2.22. The number of likely N-dealkylation sites (N-methyl/N-ethyl adjacent to an activating group) is 2. The van der Waals surface area contributed by atoms with Crippen LogP contribution in [0.4, 0.5) is 0 Å². The first-order valence-corrected chi connectivity index (χ1v) is 21.6. The van der Waals surface area contributed by atoms with E-state index < -0.39 is 23.5 Å². The largest absolute Gasteiger partial charge is 0.478 e. The number of aliphatic carboxylic acids is 1. The number of hydrogen-bond acceptors (Lipinski definition) is 12. The van der Waals surface area contributed by atoms with Crippen LogP contribution in [0.3, 0.4) is 0 Å². The maximum Gasteiger partial charge on any atom is 0.330 e. The Morgan fingerprint density at radius 2 is 1.34 bits per heavy atom. The van der Waals surface area contributed by atoms with Gasteiger partial charge in [-0.05, 0) is 86.0 Å². The number of carbonyl (C=O) groups excluding carboxylic acids is 4. The van der Waals surface area contributed by atoms with Crippen molar-refractivity contribution in [2.24, 2.45) is 5.41 Å². The summed E-state index contributed by atoms with van der Waals surface area (Å²) in [6, 6.07) is 0. The summed E-state index contributed by atoms with van der Waals surface area (Å²) in [6.07, 6.45) is 10.2. The first-order valence-electron chi connectivity index (χ1n) is 20.5. The van der Waals surface area contributed by atoms with Gasteiger partial charge in [-0.2, -0.15) is 11.8 Å². The van der Waals surface area contributed by atoms with Crippen molar-refractivity contribution in [1.82, 2.24) is 20.0 Å². The molecule has 0 bridgehead atoms. The fourth-order valence-electron chi connectivity index (χ4n) is 4.14. The lowest BCUT2D eigenvalue weighted by atomic mass is 9.97. The number of carboxylic acid groups (broad SMARTS) is 1. The molecule has 14 nitrogen and oxygen atoms in total. The van der Waals surface area contributed by atoms with E-state index in [1.165, 1.54) is 23.1 Å². The molecule has 0 aliphatic rings. The Morgan fingerprint density at radius 1 is 0.797 bits per heavy atom. The number of amides is 2. The van der Waals surface area contributed by atoms with E-state index in [-0.39, 0.29) is 25.2 Å². The zero-order valence-electron chi connectivity index (χ0n) is 38.3. The van der Waals surface area contributed by atoms with Crippen LogP contribution in [0.5, 0.6) is 0 Å². The Labute approximate surface area is 364 Å². The van der Waals surface area contributed by atoms with Gasteiger partial charge in [0.2, 0.25) is 11.8 Å². The van der Waals surface area contributed by atoms with Crippen molar-refractivity contribution in [1.29, 1.82) is 0 Å². The molecule has 59 heavy (non-hydrogen) atoms. The van der Waals surface area contributed by atoms with E-state index in [4.69, 9.17) is 19.3 Å². The van der Waals surface area contributed by atoms with E-state index >= 15 is 0 Å². The van der Waals surface area contributed by atoms with E-state index in [9.17, 15) is 29.1 Å². The minimum absolute atomic E-state index is 0. The van der Waals surface area contributed by atoms with Crippen LogP contribution in [0.1, 0.15) is 107 Å². The third kappa shape index (κ3) is 50.8. The van der Waals surface area contributed by atoms with Crippen LogP contribution in [0.15, 0.2) is 38.0 Å². The monoisotopic (exact) mass is 865 g/mol. The first-order chi connectivity index (χ1) is 27.4. The highest BCUT2D eigenvalue weighted by molar-refractivity contribution is 8.00. The zero-order valence-corrected chi connectivity index (χ0v) is 39.1. The highest BCUT2D eigenvalue weighted by Gasteiger charge is 2.29. The molecule has 0 heterocycles. The number of esters is 2. The standard InChI is InChI=1S/C15H29NO3S.C14H27NO4.C8H13NO3.C4H11N.C2H4.CH4/c1-6-8-10-19-14(18)15(3,4)12-20-11-13(17)16(5)9-7-2;1-4-8-15(3)11-13(16)12-18-9-6-7-10-19-14(17)5-2;1-3-6-9(2)7(10)4-5-8(11)12;1-3-4-5-2;1-2;/h6-12H2,1-5H3;5,13,16H,2,4,6-12H2,1,3H3;4-5H,3,6H2,1-2H3,(H,11,12);5H,3-4H2,1-2H3;1-2H2;1H4. The number of nitrogens with one attached hydrogen (secondary N) is 1. The molecule has 3 N–H and O–H groups in total. The highest BCUT2D eigenvalue weighted by atomic mass is 32.2. The number of nitrogens with zero attached hydrogens (tertiary/aromatic N) is 3. The van der Waals surface area contributed by atoms with Gasteiger partial charge in [0.15, 0.2) is 0 Å². The second-order valence-corrected chi connectivity index (χ2v) is 14.8. The molecule has 0 saturated heterocycles. The van der Waals surface area contributed by atoms with Crippen LogP contribution in [0.2, 0.25) is 0 Å². The topological polar surface area (TPSA) is 175 Å². The molecule has 1 atom stereocenters. The molecule has 0 rings (SSSR count). The average Bonchev–Trinajstić information content (AvgIpc) is 3.18. The van der Waals surface area contributed by atoms with Crippen molar-refractivity contribution in [3.63, 3.8) is 0 Å². The number of aliphatic hydroxyl groups is 1. The molecule has 0 aromatic carbocycles. The maximum atomic E-state index is 11.9. The lowest BCUT2D eigenvalue weighted by molar-refractivity contribution is -0.152. The zero-order chi connectivity index (χ0) is 45.8. The van der Waals surface area contributed by atoms with Crippen molar-refractivity contribution in [2.75, 3.05) is 98.8 Å². The Balaban J connectivity index is -0.000000167. The van der Waals surface area contributed by atoms with E-state index in [0.717, 1.165) is 82.8 Å². The van der Waals surface area contributed by atoms with Gasteiger partial charge in [0, 0.05) is 64.3 Å². The molecule has 350 valence electrons. The molecule has 0 aromatic rings. The minimum Gasteiger partial charge on any atom is -0.478 e. The van der Waals surface area contributed by atoms with Gasteiger partial charge in [0.1, 0.15) is 0 Å². The molecule has 0 fully saturated rings. The summed E-state index contributed by atoms with van der Waals surface area (Å²) in [7, 11) is 7.40. The first kappa shape index (κ1) is 67.5. The number of carbonyl (C=O) groups is 5. The summed E-state index contributed by atoms with van der Waals surface area (Å²) < 4.78 is 15.4. The van der Waals surface area contributed by atoms with E-state index in [1.807, 2.05) is 48.8 Å². The molecule has 1 unspecified atom stereocenters. The molecular formula is C44H88N4O10S. The molecule has 2 amide bonds. The van der Waals surface area contributed by atoms with Crippen molar-refractivity contribution < 1.29 is 48.4 Å². The number of thioether (sulfide) groups is 1. The molecule has 0 aliphatic heterocycles. The number of rotatable bonds is 28. The summed E-state index contributed by atoms with van der Waals surface area (Å²) in [5.74, 6) is -0.811. The van der Waals surface area contributed by atoms with Gasteiger partial charge in [-0.1, -0.05) is 55.0 Å². The Kier molecular flexibility index (Phi) is 56.2. The average molecular weight is 865 g/mol. The van der Waals surface area contributed by atoms with Crippen molar-refractivity contribution in [3.05, 3.63) is 38.0 Å². The summed E-state index contributed by atoms with van der Waals surface area (Å²) in [5, 5.41) is 20.9. The molecule has 0 saturated carbocycles. The fourth-order valence-corrected chi connectivity index (χ4v) is 5.26. The summed E-state index contributed by atoms with van der Waals surface area (Å²) >= 11 is 1.50. The summed E-state index contributed by atoms with van der Waals surface area (Å²) in [5.41, 5.74) is -0.540. The number of aliphatic hydroxyl groups excluding tert-OH is 1. The third-order valence-electron chi connectivity index (χ3n) is 7.29. The maximum absolute atomic E-state index is 11.9. The Morgan fingerprint density at radius 3 is 1.81 bits per heavy atom. The molecular weight excluding hydrogens is 777 g/mol. The van der Waals surface area contributed by atoms with Crippen molar-refractivity contribution in [2.45, 2.75) is 113 Å². The van der Waals surface area contributed by atoms with Gasteiger partial charge in [-0.15, -0.1) is 13.2 Å². The van der Waals surface area contributed by atoms with E-state index in [0.29, 0.717) is 51.0 Å². The number of hydrogen-bond donors (Lipinski definition) is 3. The molecule has 0 spiro atoms. The van der Waals surface area contributed by atoms with E-state index in [1.54, 1.807) is 11.9 Å². The summed E-state index contributed by atoms with van der Waals surface area (Å²) in [4.78, 5) is 60.8. The number of unbranched alkanes of at least 4 members (excludes halogenated alkanes) is 2. The van der Waals surface area contributed by atoms with Crippen LogP contribution in [-0.4, -0.2) is 160 Å². The van der Waals surface area contributed by atoms with Crippen LogP contribution in [0.25, 0.3) is 0 Å². The Hall–Kier alpha value is -3.24.